The summed E-state index contributed by atoms with van der Waals surface area (Å²) >= 11 is 7.58. The number of anilines is 1. The van der Waals surface area contributed by atoms with Gasteiger partial charge in [-0.3, -0.25) is 4.79 Å². The molecule has 96 valence electrons. The van der Waals surface area contributed by atoms with Gasteiger partial charge in [-0.2, -0.15) is 5.10 Å². The molecule has 0 bridgehead atoms. The van der Waals surface area contributed by atoms with Crippen LogP contribution in [0.1, 0.15) is 17.5 Å². The number of rotatable bonds is 4. The highest BCUT2D eigenvalue weighted by molar-refractivity contribution is 7.09. The fourth-order valence-electron chi connectivity index (χ4n) is 1.48. The van der Waals surface area contributed by atoms with Gasteiger partial charge in [0.05, 0.1) is 29.6 Å². The van der Waals surface area contributed by atoms with Crippen LogP contribution in [0.5, 0.6) is 0 Å². The highest BCUT2D eigenvalue weighted by atomic mass is 35.5. The highest BCUT2D eigenvalue weighted by Crippen LogP contribution is 2.18. The fraction of sp³-hybridized carbons (Fsp3) is 0.364. The van der Waals surface area contributed by atoms with E-state index in [1.807, 2.05) is 13.8 Å². The zero-order valence-corrected chi connectivity index (χ0v) is 11.7. The van der Waals surface area contributed by atoms with Crippen molar-refractivity contribution in [2.75, 3.05) is 5.32 Å². The van der Waals surface area contributed by atoms with Crippen molar-refractivity contribution in [3.63, 3.8) is 0 Å². The van der Waals surface area contributed by atoms with Crippen LogP contribution in [-0.2, 0) is 13.1 Å². The first-order valence-electron chi connectivity index (χ1n) is 5.52. The second-order valence-corrected chi connectivity index (χ2v) is 5.02. The number of thiazole rings is 1. The van der Waals surface area contributed by atoms with E-state index in [9.17, 15) is 4.79 Å². The Morgan fingerprint density at radius 3 is 2.94 bits per heavy atom. The van der Waals surface area contributed by atoms with E-state index in [1.165, 1.54) is 4.68 Å². The van der Waals surface area contributed by atoms with Crippen LogP contribution in [0, 0.1) is 6.92 Å². The average Bonchev–Trinajstić information content (AvgIpc) is 2.77. The number of aromatic nitrogens is 3. The lowest BCUT2D eigenvalue weighted by Crippen LogP contribution is -2.23. The fourth-order valence-corrected chi connectivity index (χ4v) is 2.41. The van der Waals surface area contributed by atoms with E-state index in [-0.39, 0.29) is 10.6 Å². The summed E-state index contributed by atoms with van der Waals surface area (Å²) in [7, 11) is 0. The molecule has 0 radical (unpaired) electrons. The molecule has 0 saturated carbocycles. The van der Waals surface area contributed by atoms with Crippen LogP contribution in [-0.4, -0.2) is 14.8 Å². The Bertz CT molecular complexity index is 607. The maximum absolute atomic E-state index is 11.8. The standard InChI is InChI=1S/C11H13ClN4OS/c1-3-16-11(17)10(12)8(4-15-16)13-5-9-7(2)14-6-18-9/h4,6,13H,3,5H2,1-2H3. The van der Waals surface area contributed by atoms with E-state index in [0.29, 0.717) is 18.8 Å². The summed E-state index contributed by atoms with van der Waals surface area (Å²) in [5.74, 6) is 0. The number of hydrogen-bond acceptors (Lipinski definition) is 5. The predicted molar refractivity (Wildman–Crippen MR) is 73.4 cm³/mol. The van der Waals surface area contributed by atoms with Crippen molar-refractivity contribution in [3.8, 4) is 0 Å². The molecule has 0 amide bonds. The van der Waals surface area contributed by atoms with Gasteiger partial charge in [0.1, 0.15) is 5.02 Å². The molecular formula is C11H13ClN4OS. The molecule has 0 aliphatic carbocycles. The Labute approximate surface area is 113 Å². The third kappa shape index (κ3) is 2.54. The van der Waals surface area contributed by atoms with Crippen LogP contribution in [0.3, 0.4) is 0 Å². The first-order chi connectivity index (χ1) is 8.63. The minimum atomic E-state index is -0.273. The molecule has 0 fully saturated rings. The summed E-state index contributed by atoms with van der Waals surface area (Å²) < 4.78 is 1.32. The molecule has 5 nitrogen and oxygen atoms in total. The average molecular weight is 285 g/mol. The lowest BCUT2D eigenvalue weighted by Gasteiger charge is -2.08. The van der Waals surface area contributed by atoms with Crippen molar-refractivity contribution in [1.82, 2.24) is 14.8 Å². The van der Waals surface area contributed by atoms with Crippen molar-refractivity contribution >= 4 is 28.6 Å². The van der Waals surface area contributed by atoms with Crippen LogP contribution >= 0.6 is 22.9 Å². The summed E-state index contributed by atoms with van der Waals surface area (Å²) in [6, 6.07) is 0. The van der Waals surface area contributed by atoms with Crippen molar-refractivity contribution in [1.29, 1.82) is 0 Å². The van der Waals surface area contributed by atoms with Gasteiger partial charge in [0, 0.05) is 11.4 Å². The van der Waals surface area contributed by atoms with Crippen LogP contribution in [0.25, 0.3) is 0 Å². The van der Waals surface area contributed by atoms with Gasteiger partial charge < -0.3 is 5.32 Å². The zero-order chi connectivity index (χ0) is 13.1. The van der Waals surface area contributed by atoms with Crippen molar-refractivity contribution in [2.24, 2.45) is 0 Å². The molecule has 0 aliphatic heterocycles. The van der Waals surface area contributed by atoms with E-state index in [4.69, 9.17) is 11.6 Å². The second-order valence-electron chi connectivity index (χ2n) is 3.71. The SMILES string of the molecule is CCn1ncc(NCc2scnc2C)c(Cl)c1=O. The van der Waals surface area contributed by atoms with Crippen LogP contribution in [0.2, 0.25) is 5.02 Å². The van der Waals surface area contributed by atoms with Crippen LogP contribution < -0.4 is 10.9 Å². The number of hydrogen-bond donors (Lipinski definition) is 1. The van der Waals surface area contributed by atoms with E-state index in [0.717, 1.165) is 10.6 Å². The molecule has 1 N–H and O–H groups in total. The molecule has 0 saturated heterocycles. The van der Waals surface area contributed by atoms with Gasteiger partial charge in [0.15, 0.2) is 0 Å². The topological polar surface area (TPSA) is 59.8 Å². The lowest BCUT2D eigenvalue weighted by molar-refractivity contribution is 0.616. The molecule has 0 aliphatic rings. The zero-order valence-electron chi connectivity index (χ0n) is 10.1. The number of nitrogens with zero attached hydrogens (tertiary/aromatic N) is 3. The molecule has 7 heteroatoms. The molecule has 2 aromatic heterocycles. The molecular weight excluding hydrogens is 272 g/mol. The lowest BCUT2D eigenvalue weighted by atomic mass is 10.3. The molecule has 2 heterocycles. The summed E-state index contributed by atoms with van der Waals surface area (Å²) in [6.07, 6.45) is 1.57. The van der Waals surface area contributed by atoms with Gasteiger partial charge >= 0.3 is 0 Å². The maximum atomic E-state index is 11.8. The summed E-state index contributed by atoms with van der Waals surface area (Å²) in [4.78, 5) is 17.0. The Hall–Kier alpha value is -1.40. The Kier molecular flexibility index (Phi) is 3.98. The summed E-state index contributed by atoms with van der Waals surface area (Å²) in [6.45, 7) is 4.89. The van der Waals surface area contributed by atoms with Gasteiger partial charge in [-0.15, -0.1) is 11.3 Å². The first kappa shape index (κ1) is 13.0. The van der Waals surface area contributed by atoms with Gasteiger partial charge in [-0.1, -0.05) is 11.6 Å². The molecule has 0 unspecified atom stereocenters. The first-order valence-corrected chi connectivity index (χ1v) is 6.77. The monoisotopic (exact) mass is 284 g/mol. The normalized spacial score (nSPS) is 10.6. The van der Waals surface area contributed by atoms with E-state index in [2.05, 4.69) is 15.4 Å². The van der Waals surface area contributed by atoms with E-state index in [1.54, 1.807) is 23.0 Å². The van der Waals surface area contributed by atoms with Gasteiger partial charge in [-0.25, -0.2) is 9.67 Å². The quantitative estimate of drug-likeness (QED) is 0.936. The Morgan fingerprint density at radius 1 is 1.56 bits per heavy atom. The molecule has 18 heavy (non-hydrogen) atoms. The molecule has 2 aromatic rings. The number of aryl methyl sites for hydroxylation is 2. The van der Waals surface area contributed by atoms with Crippen molar-refractivity contribution in [2.45, 2.75) is 26.9 Å². The second kappa shape index (κ2) is 5.49. The largest absolute Gasteiger partial charge is 0.377 e. The van der Waals surface area contributed by atoms with Crippen molar-refractivity contribution in [3.05, 3.63) is 37.7 Å². The minimum absolute atomic E-state index is 0.175. The predicted octanol–water partition coefficient (Wildman–Crippen LogP) is 2.29. The maximum Gasteiger partial charge on any atom is 0.287 e. The van der Waals surface area contributed by atoms with Crippen LogP contribution in [0.4, 0.5) is 5.69 Å². The number of nitrogens with one attached hydrogen (secondary N) is 1. The Balaban J connectivity index is 2.18. The van der Waals surface area contributed by atoms with Gasteiger partial charge in [-0.05, 0) is 13.8 Å². The third-order valence-corrected chi connectivity index (χ3v) is 3.87. The Morgan fingerprint density at radius 2 is 2.33 bits per heavy atom. The third-order valence-electron chi connectivity index (χ3n) is 2.57. The summed E-state index contributed by atoms with van der Waals surface area (Å²) in [5, 5.41) is 7.31. The molecule has 0 aromatic carbocycles. The smallest absolute Gasteiger partial charge is 0.287 e. The molecule has 0 spiro atoms. The van der Waals surface area contributed by atoms with Crippen LogP contribution in [0.15, 0.2) is 16.5 Å². The number of halogens is 1. The van der Waals surface area contributed by atoms with E-state index < -0.39 is 0 Å². The van der Waals surface area contributed by atoms with E-state index >= 15 is 0 Å². The molecule has 0 atom stereocenters. The minimum Gasteiger partial charge on any atom is -0.377 e. The van der Waals surface area contributed by atoms with Gasteiger partial charge in [0.2, 0.25) is 0 Å². The highest BCUT2D eigenvalue weighted by Gasteiger charge is 2.09. The summed E-state index contributed by atoms with van der Waals surface area (Å²) in [5.41, 5.74) is 3.06. The molecule has 2 rings (SSSR count). The van der Waals surface area contributed by atoms with Crippen molar-refractivity contribution < 1.29 is 0 Å². The van der Waals surface area contributed by atoms with Gasteiger partial charge in [0.25, 0.3) is 5.56 Å².